The molecule has 1 aromatic rings. The molecule has 5 nitrogen and oxygen atoms in total. The van der Waals surface area contributed by atoms with E-state index < -0.39 is 0 Å². The zero-order valence-electron chi connectivity index (χ0n) is 12.9. The second-order valence-electron chi connectivity index (χ2n) is 5.69. The van der Waals surface area contributed by atoms with E-state index in [1.54, 1.807) is 0 Å². The molecular formula is C14H26Cl2N4O. The van der Waals surface area contributed by atoms with Gasteiger partial charge in [0.2, 0.25) is 5.91 Å². The van der Waals surface area contributed by atoms with Gasteiger partial charge in [-0.05, 0) is 26.7 Å². The first kappa shape index (κ1) is 20.2. The van der Waals surface area contributed by atoms with Gasteiger partial charge in [0.05, 0.1) is 17.7 Å². The average Bonchev–Trinajstić information content (AvgIpc) is 2.91. The van der Waals surface area contributed by atoms with Crippen molar-refractivity contribution in [3.63, 3.8) is 0 Å². The van der Waals surface area contributed by atoms with Gasteiger partial charge < -0.3 is 11.1 Å². The van der Waals surface area contributed by atoms with E-state index in [2.05, 4.69) is 10.4 Å². The molecule has 0 spiro atoms. The van der Waals surface area contributed by atoms with Crippen molar-refractivity contribution in [2.24, 2.45) is 12.8 Å². The zero-order chi connectivity index (χ0) is 14.0. The van der Waals surface area contributed by atoms with Crippen molar-refractivity contribution in [3.05, 3.63) is 17.0 Å². The van der Waals surface area contributed by atoms with E-state index in [-0.39, 0.29) is 36.3 Å². The van der Waals surface area contributed by atoms with E-state index in [9.17, 15) is 4.79 Å². The average molecular weight is 337 g/mol. The van der Waals surface area contributed by atoms with Crippen LogP contribution in [-0.2, 0) is 18.3 Å². The number of nitrogens with zero attached hydrogens (tertiary/aromatic N) is 2. The molecule has 0 radical (unpaired) electrons. The summed E-state index contributed by atoms with van der Waals surface area (Å²) in [5.41, 5.74) is 8.70. The highest BCUT2D eigenvalue weighted by Gasteiger charge is 2.33. The summed E-state index contributed by atoms with van der Waals surface area (Å²) in [6, 6.07) is 0. The molecule has 21 heavy (non-hydrogen) atoms. The Morgan fingerprint density at radius 3 is 2.33 bits per heavy atom. The number of nitrogens with two attached hydrogens (primary N) is 1. The second kappa shape index (κ2) is 8.01. The standard InChI is InChI=1S/C14H24N4O.2ClH/c1-10-12(11(2)18(3)17-10)8-13(19)16-14(9-15)6-4-5-7-14;;/h4-9,15H2,1-3H3,(H,16,19);2*1H. The number of hydrogen-bond acceptors (Lipinski definition) is 3. The third kappa shape index (κ3) is 4.34. The van der Waals surface area contributed by atoms with E-state index in [1.807, 2.05) is 25.6 Å². The van der Waals surface area contributed by atoms with E-state index >= 15 is 0 Å². The Morgan fingerprint density at radius 1 is 1.33 bits per heavy atom. The number of rotatable bonds is 4. The first-order valence-corrected chi connectivity index (χ1v) is 6.97. The fraction of sp³-hybridized carbons (Fsp3) is 0.714. The van der Waals surface area contributed by atoms with Gasteiger partial charge in [0.15, 0.2) is 0 Å². The lowest BCUT2D eigenvalue weighted by Gasteiger charge is -2.28. The molecule has 0 aliphatic heterocycles. The Balaban J connectivity index is 0.00000200. The second-order valence-corrected chi connectivity index (χ2v) is 5.69. The molecule has 0 aromatic carbocycles. The summed E-state index contributed by atoms with van der Waals surface area (Å²) in [5, 5.41) is 7.50. The van der Waals surface area contributed by atoms with Crippen LogP contribution in [0.1, 0.15) is 42.6 Å². The summed E-state index contributed by atoms with van der Waals surface area (Å²) < 4.78 is 1.83. The van der Waals surface area contributed by atoms with Gasteiger partial charge in [-0.1, -0.05) is 12.8 Å². The van der Waals surface area contributed by atoms with Crippen molar-refractivity contribution < 1.29 is 4.79 Å². The van der Waals surface area contributed by atoms with Crippen LogP contribution in [0.4, 0.5) is 0 Å². The predicted octanol–water partition coefficient (Wildman–Crippen LogP) is 1.81. The van der Waals surface area contributed by atoms with Crippen LogP contribution in [0.3, 0.4) is 0 Å². The summed E-state index contributed by atoms with van der Waals surface area (Å²) in [6.07, 6.45) is 4.71. The summed E-state index contributed by atoms with van der Waals surface area (Å²) >= 11 is 0. The molecule has 1 heterocycles. The summed E-state index contributed by atoms with van der Waals surface area (Å²) in [7, 11) is 1.90. The minimum atomic E-state index is -0.166. The van der Waals surface area contributed by atoms with Gasteiger partial charge in [-0.15, -0.1) is 24.8 Å². The number of hydrogen-bond donors (Lipinski definition) is 2. The van der Waals surface area contributed by atoms with Gasteiger partial charge >= 0.3 is 0 Å². The highest BCUT2D eigenvalue weighted by Crippen LogP contribution is 2.28. The Bertz CT molecular complexity index is 482. The largest absolute Gasteiger partial charge is 0.349 e. The maximum absolute atomic E-state index is 12.2. The first-order valence-electron chi connectivity index (χ1n) is 6.97. The van der Waals surface area contributed by atoms with E-state index in [1.165, 1.54) is 0 Å². The van der Waals surface area contributed by atoms with Crippen LogP contribution in [0, 0.1) is 13.8 Å². The molecule has 2 rings (SSSR count). The van der Waals surface area contributed by atoms with Crippen molar-refractivity contribution in [1.29, 1.82) is 0 Å². The molecular weight excluding hydrogens is 311 g/mol. The molecule has 1 amide bonds. The molecule has 1 aliphatic rings. The highest BCUT2D eigenvalue weighted by atomic mass is 35.5. The third-order valence-electron chi connectivity index (χ3n) is 4.35. The molecule has 7 heteroatoms. The van der Waals surface area contributed by atoms with Gasteiger partial charge in [-0.25, -0.2) is 0 Å². The van der Waals surface area contributed by atoms with E-state index in [0.717, 1.165) is 42.6 Å². The summed E-state index contributed by atoms with van der Waals surface area (Å²) in [6.45, 7) is 4.48. The SMILES string of the molecule is Cc1nn(C)c(C)c1CC(=O)NC1(CN)CCCC1.Cl.Cl. The quantitative estimate of drug-likeness (QED) is 0.880. The Hall–Kier alpha value is -0.780. The van der Waals surface area contributed by atoms with E-state index in [4.69, 9.17) is 5.73 Å². The Kier molecular flexibility index (Phi) is 7.71. The van der Waals surface area contributed by atoms with Crippen molar-refractivity contribution >= 4 is 30.7 Å². The lowest BCUT2D eigenvalue weighted by molar-refractivity contribution is -0.122. The fourth-order valence-corrected chi connectivity index (χ4v) is 3.01. The molecule has 1 aliphatic carbocycles. The molecule has 0 unspecified atom stereocenters. The van der Waals surface area contributed by atoms with E-state index in [0.29, 0.717) is 13.0 Å². The molecule has 1 saturated carbocycles. The molecule has 122 valence electrons. The molecule has 0 saturated heterocycles. The molecule has 3 N–H and O–H groups in total. The smallest absolute Gasteiger partial charge is 0.225 e. The van der Waals surface area contributed by atoms with Crippen LogP contribution in [-0.4, -0.2) is 27.8 Å². The van der Waals surface area contributed by atoms with Crippen LogP contribution in [0.25, 0.3) is 0 Å². The van der Waals surface area contributed by atoms with Crippen LogP contribution in [0.5, 0.6) is 0 Å². The summed E-state index contributed by atoms with van der Waals surface area (Å²) in [4.78, 5) is 12.2. The van der Waals surface area contributed by atoms with Crippen LogP contribution >= 0.6 is 24.8 Å². The molecule has 1 aromatic heterocycles. The number of carbonyl (C=O) groups excluding carboxylic acids is 1. The lowest BCUT2D eigenvalue weighted by atomic mass is 9.97. The van der Waals surface area contributed by atoms with Gasteiger partial charge in [0.1, 0.15) is 0 Å². The normalized spacial score (nSPS) is 16.0. The monoisotopic (exact) mass is 336 g/mol. The molecule has 0 atom stereocenters. The van der Waals surface area contributed by atoms with Gasteiger partial charge in [0, 0.05) is 24.8 Å². The summed E-state index contributed by atoms with van der Waals surface area (Å²) in [5.74, 6) is 0.0616. The third-order valence-corrected chi connectivity index (χ3v) is 4.35. The lowest BCUT2D eigenvalue weighted by Crippen LogP contribution is -2.52. The van der Waals surface area contributed by atoms with Crippen LogP contribution in [0.15, 0.2) is 0 Å². The Labute approximate surface area is 138 Å². The predicted molar refractivity (Wildman–Crippen MR) is 89.3 cm³/mol. The van der Waals surface area contributed by atoms with Crippen molar-refractivity contribution in [2.45, 2.75) is 51.5 Å². The number of amides is 1. The number of aromatic nitrogens is 2. The van der Waals surface area contributed by atoms with Crippen molar-refractivity contribution in [2.75, 3.05) is 6.54 Å². The molecule has 0 bridgehead atoms. The number of aryl methyl sites for hydroxylation is 2. The maximum Gasteiger partial charge on any atom is 0.225 e. The number of nitrogens with one attached hydrogen (secondary N) is 1. The van der Waals surface area contributed by atoms with Crippen molar-refractivity contribution in [3.8, 4) is 0 Å². The van der Waals surface area contributed by atoms with Gasteiger partial charge in [-0.2, -0.15) is 5.10 Å². The van der Waals surface area contributed by atoms with Crippen molar-refractivity contribution in [1.82, 2.24) is 15.1 Å². The number of halogens is 2. The zero-order valence-corrected chi connectivity index (χ0v) is 14.6. The minimum absolute atomic E-state index is 0. The Morgan fingerprint density at radius 2 is 1.90 bits per heavy atom. The number of carbonyl (C=O) groups is 1. The maximum atomic E-state index is 12.2. The van der Waals surface area contributed by atoms with Gasteiger partial charge in [-0.3, -0.25) is 9.48 Å². The van der Waals surface area contributed by atoms with Crippen LogP contribution < -0.4 is 11.1 Å². The highest BCUT2D eigenvalue weighted by molar-refractivity contribution is 5.85. The first-order chi connectivity index (χ1) is 8.97. The fourth-order valence-electron chi connectivity index (χ4n) is 3.01. The topological polar surface area (TPSA) is 72.9 Å². The minimum Gasteiger partial charge on any atom is -0.349 e. The molecule has 1 fully saturated rings. The van der Waals surface area contributed by atoms with Crippen LogP contribution in [0.2, 0.25) is 0 Å². The van der Waals surface area contributed by atoms with Gasteiger partial charge in [0.25, 0.3) is 0 Å².